The fourth-order valence-corrected chi connectivity index (χ4v) is 0.453. The van der Waals surface area contributed by atoms with E-state index in [-0.39, 0.29) is 0 Å². The van der Waals surface area contributed by atoms with Gasteiger partial charge < -0.3 is 10.6 Å². The number of hydrogen-bond acceptors (Lipinski definition) is 3. The zero-order chi connectivity index (χ0) is 6.41. The quantitative estimate of drug-likeness (QED) is 0.325. The first-order valence-electron chi connectivity index (χ1n) is 2.53. The van der Waals surface area contributed by atoms with E-state index < -0.39 is 0 Å². The summed E-state index contributed by atoms with van der Waals surface area (Å²) in [7, 11) is 1.65. The van der Waals surface area contributed by atoms with E-state index in [1.54, 1.807) is 13.3 Å². The molecule has 0 saturated carbocycles. The molecule has 3 nitrogen and oxygen atoms in total. The summed E-state index contributed by atoms with van der Waals surface area (Å²) < 4.78 is 4.81. The van der Waals surface area contributed by atoms with Crippen LogP contribution < -0.4 is 5.84 Å². The molecule has 0 aromatic carbocycles. The Morgan fingerprint density at radius 1 is 1.88 bits per heavy atom. The molecule has 0 fully saturated rings. The summed E-state index contributed by atoms with van der Waals surface area (Å²) >= 11 is 0. The van der Waals surface area contributed by atoms with Crippen molar-refractivity contribution < 1.29 is 4.74 Å². The Morgan fingerprint density at radius 2 is 2.50 bits per heavy atom. The highest BCUT2D eigenvalue weighted by molar-refractivity contribution is 5.59. The minimum atomic E-state index is 0.324. The molecule has 1 atom stereocenters. The SMILES string of the molecule is COCC(C)/C=N/N. The second kappa shape index (κ2) is 4.59. The Bertz CT molecular complexity index is 72.8. The number of nitrogens with two attached hydrogens (primary N) is 1. The van der Waals surface area contributed by atoms with Crippen LogP contribution in [-0.4, -0.2) is 19.9 Å². The van der Waals surface area contributed by atoms with Gasteiger partial charge in [0.1, 0.15) is 0 Å². The monoisotopic (exact) mass is 116 g/mol. The second-order valence-corrected chi connectivity index (χ2v) is 1.73. The minimum Gasteiger partial charge on any atom is -0.384 e. The van der Waals surface area contributed by atoms with Crippen LogP contribution in [0.15, 0.2) is 5.10 Å². The molecule has 1 unspecified atom stereocenters. The summed E-state index contributed by atoms with van der Waals surface area (Å²) in [6.45, 7) is 2.67. The maximum absolute atomic E-state index is 4.87. The lowest BCUT2D eigenvalue weighted by Gasteiger charge is -1.99. The molecule has 2 N–H and O–H groups in total. The van der Waals surface area contributed by atoms with Gasteiger partial charge in [-0.1, -0.05) is 6.92 Å². The topological polar surface area (TPSA) is 47.6 Å². The Labute approximate surface area is 49.5 Å². The number of methoxy groups -OCH3 is 1. The van der Waals surface area contributed by atoms with Crippen LogP contribution in [0.25, 0.3) is 0 Å². The molecule has 0 aromatic heterocycles. The molecule has 0 heterocycles. The maximum Gasteiger partial charge on any atom is 0.0538 e. The van der Waals surface area contributed by atoms with Crippen LogP contribution in [0.5, 0.6) is 0 Å². The number of ether oxygens (including phenoxy) is 1. The summed E-state index contributed by atoms with van der Waals surface area (Å²) in [5, 5.41) is 3.35. The van der Waals surface area contributed by atoms with Crippen LogP contribution in [0.2, 0.25) is 0 Å². The molecule has 0 spiro atoms. The number of hydrogen-bond donors (Lipinski definition) is 1. The predicted octanol–water partition coefficient (Wildman–Crippen LogP) is 0.213. The van der Waals surface area contributed by atoms with E-state index in [0.29, 0.717) is 12.5 Å². The number of nitrogens with zero attached hydrogens (tertiary/aromatic N) is 1. The van der Waals surface area contributed by atoms with Crippen LogP contribution in [0, 0.1) is 5.92 Å². The van der Waals surface area contributed by atoms with Crippen molar-refractivity contribution in [2.24, 2.45) is 16.9 Å². The van der Waals surface area contributed by atoms with Gasteiger partial charge in [-0.05, 0) is 0 Å². The van der Waals surface area contributed by atoms with E-state index in [1.165, 1.54) is 0 Å². The van der Waals surface area contributed by atoms with Crippen LogP contribution in [0.4, 0.5) is 0 Å². The van der Waals surface area contributed by atoms with Gasteiger partial charge >= 0.3 is 0 Å². The van der Waals surface area contributed by atoms with Crippen molar-refractivity contribution in [1.29, 1.82) is 0 Å². The van der Waals surface area contributed by atoms with Crippen molar-refractivity contribution in [3.63, 3.8) is 0 Å². The molecule has 48 valence electrons. The van der Waals surface area contributed by atoms with Gasteiger partial charge in [0.05, 0.1) is 6.61 Å². The van der Waals surface area contributed by atoms with Crippen molar-refractivity contribution in [2.45, 2.75) is 6.92 Å². The molecule has 0 rings (SSSR count). The maximum atomic E-state index is 4.87. The molecule has 0 bridgehead atoms. The lowest BCUT2D eigenvalue weighted by Crippen LogP contribution is -2.05. The van der Waals surface area contributed by atoms with Gasteiger partial charge in [-0.25, -0.2) is 0 Å². The summed E-state index contributed by atoms with van der Waals surface area (Å²) in [4.78, 5) is 0. The molecule has 0 radical (unpaired) electrons. The van der Waals surface area contributed by atoms with Crippen molar-refractivity contribution in [1.82, 2.24) is 0 Å². The minimum absolute atomic E-state index is 0.324. The molecule has 0 amide bonds. The molecule has 0 aliphatic carbocycles. The molecule has 8 heavy (non-hydrogen) atoms. The lowest BCUT2D eigenvalue weighted by atomic mass is 10.2. The Morgan fingerprint density at radius 3 is 2.88 bits per heavy atom. The first-order valence-corrected chi connectivity index (χ1v) is 2.53. The number of hydrazone groups is 1. The second-order valence-electron chi connectivity index (χ2n) is 1.73. The average Bonchev–Trinajstić information content (AvgIpc) is 1.68. The molecule has 0 aliphatic heterocycles. The van der Waals surface area contributed by atoms with Crippen LogP contribution in [-0.2, 0) is 4.74 Å². The zero-order valence-electron chi connectivity index (χ0n) is 5.29. The summed E-state index contributed by atoms with van der Waals surface area (Å²) in [6.07, 6.45) is 1.66. The highest BCUT2D eigenvalue weighted by Crippen LogP contribution is 1.87. The standard InChI is InChI=1S/C5H12N2O/c1-5(3-7-6)4-8-2/h3,5H,4,6H2,1-2H3/b7-3+. The van der Waals surface area contributed by atoms with Crippen LogP contribution in [0.1, 0.15) is 6.92 Å². The van der Waals surface area contributed by atoms with Gasteiger partial charge in [-0.2, -0.15) is 5.10 Å². The highest BCUT2D eigenvalue weighted by atomic mass is 16.5. The Hall–Kier alpha value is -0.570. The van der Waals surface area contributed by atoms with E-state index in [1.807, 2.05) is 6.92 Å². The molecular weight excluding hydrogens is 104 g/mol. The number of rotatable bonds is 3. The first kappa shape index (κ1) is 7.43. The van der Waals surface area contributed by atoms with E-state index in [9.17, 15) is 0 Å². The molecule has 0 aromatic rings. The van der Waals surface area contributed by atoms with Gasteiger partial charge in [0, 0.05) is 19.2 Å². The van der Waals surface area contributed by atoms with Crippen LogP contribution >= 0.6 is 0 Å². The predicted molar refractivity (Wildman–Crippen MR) is 33.7 cm³/mol. The molecule has 3 heteroatoms. The third-order valence-corrected chi connectivity index (χ3v) is 0.770. The largest absolute Gasteiger partial charge is 0.384 e. The molecule has 0 saturated heterocycles. The fourth-order valence-electron chi connectivity index (χ4n) is 0.453. The smallest absolute Gasteiger partial charge is 0.0538 e. The van der Waals surface area contributed by atoms with E-state index >= 15 is 0 Å². The van der Waals surface area contributed by atoms with Gasteiger partial charge in [-0.3, -0.25) is 0 Å². The third-order valence-electron chi connectivity index (χ3n) is 0.770. The highest BCUT2D eigenvalue weighted by Gasteiger charge is 1.92. The summed E-state index contributed by atoms with van der Waals surface area (Å²) in [5.74, 6) is 5.20. The van der Waals surface area contributed by atoms with Crippen molar-refractivity contribution in [3.8, 4) is 0 Å². The molecule has 0 aliphatic rings. The average molecular weight is 116 g/mol. The third kappa shape index (κ3) is 3.61. The Balaban J connectivity index is 3.17. The van der Waals surface area contributed by atoms with Crippen LogP contribution in [0.3, 0.4) is 0 Å². The first-order chi connectivity index (χ1) is 3.81. The van der Waals surface area contributed by atoms with E-state index in [2.05, 4.69) is 5.10 Å². The van der Waals surface area contributed by atoms with Crippen molar-refractivity contribution in [3.05, 3.63) is 0 Å². The summed E-state index contributed by atoms with van der Waals surface area (Å²) in [5.41, 5.74) is 0. The van der Waals surface area contributed by atoms with Crippen molar-refractivity contribution >= 4 is 6.21 Å². The van der Waals surface area contributed by atoms with Gasteiger partial charge in [0.15, 0.2) is 0 Å². The summed E-state index contributed by atoms with van der Waals surface area (Å²) in [6, 6.07) is 0. The normalized spacial score (nSPS) is 14.8. The Kier molecular flexibility index (Phi) is 4.26. The lowest BCUT2D eigenvalue weighted by molar-refractivity contribution is 0.183. The van der Waals surface area contributed by atoms with Gasteiger partial charge in [0.2, 0.25) is 0 Å². The van der Waals surface area contributed by atoms with Gasteiger partial charge in [-0.15, -0.1) is 0 Å². The van der Waals surface area contributed by atoms with Gasteiger partial charge in [0.25, 0.3) is 0 Å². The van der Waals surface area contributed by atoms with Crippen molar-refractivity contribution in [2.75, 3.05) is 13.7 Å². The zero-order valence-corrected chi connectivity index (χ0v) is 5.29. The molecular formula is C5H12N2O. The fraction of sp³-hybridized carbons (Fsp3) is 0.800. The van der Waals surface area contributed by atoms with E-state index in [0.717, 1.165) is 0 Å². The van der Waals surface area contributed by atoms with E-state index in [4.69, 9.17) is 10.6 Å².